The summed E-state index contributed by atoms with van der Waals surface area (Å²) in [4.78, 5) is 14.9. The van der Waals surface area contributed by atoms with Crippen molar-refractivity contribution in [1.82, 2.24) is 0 Å². The van der Waals surface area contributed by atoms with Crippen LogP contribution in [0, 0.1) is 5.41 Å². The fourth-order valence-electron chi connectivity index (χ4n) is 4.08. The highest BCUT2D eigenvalue weighted by Crippen LogP contribution is 2.49. The third-order valence-electron chi connectivity index (χ3n) is 5.89. The number of carbonyl (C=O) groups excluding carboxylic acids is 1. The molecular formula is C21H28F3NO3S. The molecule has 2 fully saturated rings. The molecule has 1 spiro atoms. The van der Waals surface area contributed by atoms with E-state index in [-0.39, 0.29) is 11.7 Å². The van der Waals surface area contributed by atoms with Crippen LogP contribution in [0.15, 0.2) is 24.3 Å². The van der Waals surface area contributed by atoms with Gasteiger partial charge in [0.2, 0.25) is 5.91 Å². The highest BCUT2D eigenvalue weighted by atomic mass is 32.2. The molecule has 1 aromatic rings. The first-order chi connectivity index (χ1) is 13.5. The molecule has 4 nitrogen and oxygen atoms in total. The van der Waals surface area contributed by atoms with Gasteiger partial charge in [-0.3, -0.25) is 4.79 Å². The van der Waals surface area contributed by atoms with Gasteiger partial charge in [0.05, 0.1) is 11.0 Å². The van der Waals surface area contributed by atoms with E-state index in [9.17, 15) is 23.1 Å². The van der Waals surface area contributed by atoms with E-state index in [0.29, 0.717) is 48.9 Å². The number of thioether (sulfide) groups is 1. The van der Waals surface area contributed by atoms with Crippen molar-refractivity contribution in [1.29, 1.82) is 0 Å². The molecule has 1 aromatic carbocycles. The zero-order chi connectivity index (χ0) is 21.3. The van der Waals surface area contributed by atoms with Crippen LogP contribution in [0.2, 0.25) is 0 Å². The number of aliphatic hydroxyl groups is 1. The van der Waals surface area contributed by atoms with Crippen LogP contribution in [0.4, 0.5) is 18.9 Å². The molecular weight excluding hydrogens is 403 g/mol. The summed E-state index contributed by atoms with van der Waals surface area (Å²) in [6.07, 6.45) is -1.06. The van der Waals surface area contributed by atoms with Gasteiger partial charge in [-0.15, -0.1) is 0 Å². The van der Waals surface area contributed by atoms with Gasteiger partial charge in [-0.05, 0) is 61.6 Å². The number of benzene rings is 1. The van der Waals surface area contributed by atoms with Crippen LogP contribution >= 0.6 is 11.8 Å². The Bertz CT molecular complexity index is 713. The van der Waals surface area contributed by atoms with E-state index in [4.69, 9.17) is 4.74 Å². The highest BCUT2D eigenvalue weighted by molar-refractivity contribution is 7.99. The van der Waals surface area contributed by atoms with Crippen LogP contribution < -0.4 is 9.64 Å². The van der Waals surface area contributed by atoms with E-state index >= 15 is 0 Å². The van der Waals surface area contributed by atoms with Crippen LogP contribution in [0.25, 0.3) is 0 Å². The molecule has 162 valence electrons. The van der Waals surface area contributed by atoms with E-state index in [2.05, 4.69) is 13.8 Å². The topological polar surface area (TPSA) is 49.8 Å². The van der Waals surface area contributed by atoms with Crippen molar-refractivity contribution in [2.45, 2.75) is 63.0 Å². The normalized spacial score (nSPS) is 27.8. The van der Waals surface area contributed by atoms with Crippen LogP contribution in [0.1, 0.15) is 46.0 Å². The summed E-state index contributed by atoms with van der Waals surface area (Å²) in [5, 5.41) is 11.3. The van der Waals surface area contributed by atoms with Crippen molar-refractivity contribution in [2.75, 3.05) is 23.8 Å². The van der Waals surface area contributed by atoms with Crippen molar-refractivity contribution in [3.63, 3.8) is 0 Å². The van der Waals surface area contributed by atoms with Gasteiger partial charge in [0.15, 0.2) is 6.61 Å². The van der Waals surface area contributed by atoms with E-state index in [1.807, 2.05) is 0 Å². The minimum atomic E-state index is -4.38. The smallest absolute Gasteiger partial charge is 0.422 e. The maximum absolute atomic E-state index is 13.2. The van der Waals surface area contributed by atoms with Gasteiger partial charge in [0, 0.05) is 18.0 Å². The fraction of sp³-hybridized carbons (Fsp3) is 0.667. The van der Waals surface area contributed by atoms with Crippen LogP contribution in [-0.2, 0) is 4.79 Å². The van der Waals surface area contributed by atoms with Gasteiger partial charge in [-0.1, -0.05) is 13.8 Å². The number of ether oxygens (including phenoxy) is 1. The number of nitrogens with zero attached hydrogens (tertiary/aromatic N) is 1. The molecule has 0 radical (unpaired) electrons. The van der Waals surface area contributed by atoms with Gasteiger partial charge in [-0.25, -0.2) is 0 Å². The first kappa shape index (κ1) is 22.3. The van der Waals surface area contributed by atoms with Crippen LogP contribution in [-0.4, -0.2) is 46.9 Å². The second-order valence-electron chi connectivity index (χ2n) is 8.47. The van der Waals surface area contributed by atoms with E-state index < -0.39 is 23.8 Å². The van der Waals surface area contributed by atoms with Gasteiger partial charge in [0.25, 0.3) is 0 Å². The van der Waals surface area contributed by atoms with Crippen LogP contribution in [0.3, 0.4) is 0 Å². The lowest BCUT2D eigenvalue weighted by Gasteiger charge is -2.41. The maximum Gasteiger partial charge on any atom is 0.422 e. The summed E-state index contributed by atoms with van der Waals surface area (Å²) >= 11 is 1.74. The Morgan fingerprint density at radius 2 is 1.76 bits per heavy atom. The molecule has 0 unspecified atom stereocenters. The summed E-state index contributed by atoms with van der Waals surface area (Å²) in [5.74, 6) is 0.871. The zero-order valence-corrected chi connectivity index (χ0v) is 17.6. The molecule has 0 aromatic heterocycles. The molecule has 1 aliphatic heterocycles. The Labute approximate surface area is 173 Å². The lowest BCUT2D eigenvalue weighted by Crippen LogP contribution is -2.44. The monoisotopic (exact) mass is 431 g/mol. The van der Waals surface area contributed by atoms with Gasteiger partial charge in [-0.2, -0.15) is 24.9 Å². The second kappa shape index (κ2) is 8.38. The third-order valence-corrected chi connectivity index (χ3v) is 7.26. The number of halogens is 3. The van der Waals surface area contributed by atoms with Gasteiger partial charge >= 0.3 is 6.18 Å². The summed E-state index contributed by atoms with van der Waals surface area (Å²) < 4.78 is 41.5. The molecule has 8 heteroatoms. The predicted octanol–water partition coefficient (Wildman–Crippen LogP) is 4.80. The average Bonchev–Trinajstić information content (AvgIpc) is 2.98. The van der Waals surface area contributed by atoms with E-state index in [0.717, 1.165) is 6.42 Å². The Morgan fingerprint density at radius 1 is 1.14 bits per heavy atom. The fourth-order valence-corrected chi connectivity index (χ4v) is 5.01. The number of alkyl halides is 3. The molecule has 1 saturated carbocycles. The van der Waals surface area contributed by atoms with Crippen molar-refractivity contribution in [3.8, 4) is 5.75 Å². The third kappa shape index (κ3) is 5.40. The summed E-state index contributed by atoms with van der Waals surface area (Å²) in [6.45, 7) is 3.46. The molecule has 3 rings (SSSR count). The molecule has 1 N–H and O–H groups in total. The van der Waals surface area contributed by atoms with Crippen molar-refractivity contribution in [3.05, 3.63) is 24.3 Å². The number of hydrogen-bond acceptors (Lipinski definition) is 4. The Balaban J connectivity index is 1.60. The first-order valence-corrected chi connectivity index (χ1v) is 11.0. The summed E-state index contributed by atoms with van der Waals surface area (Å²) in [5.41, 5.74) is -0.464. The Kier molecular flexibility index (Phi) is 6.44. The van der Waals surface area contributed by atoms with Gasteiger partial charge in [0.1, 0.15) is 5.75 Å². The Hall–Kier alpha value is -1.41. The van der Waals surface area contributed by atoms with Crippen molar-refractivity contribution >= 4 is 23.4 Å². The minimum Gasteiger partial charge on any atom is -0.484 e. The number of hydrogen-bond donors (Lipinski definition) is 1. The number of carbonyl (C=O) groups is 1. The Morgan fingerprint density at radius 3 is 2.31 bits per heavy atom. The number of amides is 1. The first-order valence-electron chi connectivity index (χ1n) is 9.98. The lowest BCUT2D eigenvalue weighted by molar-refractivity contribution is -0.153. The second-order valence-corrected chi connectivity index (χ2v) is 10.0. The largest absolute Gasteiger partial charge is 0.484 e. The molecule has 1 saturated heterocycles. The highest BCUT2D eigenvalue weighted by Gasteiger charge is 2.51. The number of anilines is 1. The summed E-state index contributed by atoms with van der Waals surface area (Å²) in [6, 6.07) is 6.17. The maximum atomic E-state index is 13.2. The molecule has 1 heterocycles. The molecule has 29 heavy (non-hydrogen) atoms. The minimum absolute atomic E-state index is 0.0556. The van der Waals surface area contributed by atoms with Crippen molar-refractivity contribution < 1.29 is 27.8 Å². The summed E-state index contributed by atoms with van der Waals surface area (Å²) in [7, 11) is 0. The van der Waals surface area contributed by atoms with Crippen molar-refractivity contribution in [2.24, 2.45) is 5.41 Å². The van der Waals surface area contributed by atoms with E-state index in [1.165, 1.54) is 12.1 Å². The molecule has 1 aliphatic carbocycles. The SMILES string of the molecule is CC(C)SCC1(O)CCC2(CCN(c3ccc(OCC(F)(F)F)cc3)C2=O)CC1. The quantitative estimate of drug-likeness (QED) is 0.703. The average molecular weight is 432 g/mol. The molecule has 1 amide bonds. The zero-order valence-electron chi connectivity index (χ0n) is 16.8. The molecule has 0 bridgehead atoms. The lowest BCUT2D eigenvalue weighted by atomic mass is 9.68. The van der Waals surface area contributed by atoms with E-state index in [1.54, 1.807) is 28.8 Å². The predicted molar refractivity (Wildman–Crippen MR) is 108 cm³/mol. The standard InChI is InChI=1S/C21H28F3NO3S/c1-15(2)29-14-20(27)9-7-19(8-10-20)11-12-25(18(19)26)16-3-5-17(6-4-16)28-13-21(22,23)24/h3-6,15,27H,7-14H2,1-2H3. The van der Waals surface area contributed by atoms with Gasteiger partial charge < -0.3 is 14.7 Å². The molecule has 2 aliphatic rings. The van der Waals surface area contributed by atoms with Crippen LogP contribution in [0.5, 0.6) is 5.75 Å². The molecule has 0 atom stereocenters. The number of rotatable bonds is 6.